The van der Waals surface area contributed by atoms with Crippen molar-refractivity contribution in [3.05, 3.63) is 57.5 Å². The van der Waals surface area contributed by atoms with E-state index < -0.39 is 30.3 Å². The number of benzene rings is 2. The highest BCUT2D eigenvalue weighted by molar-refractivity contribution is 9.10. The van der Waals surface area contributed by atoms with Gasteiger partial charge in [-0.25, -0.2) is 4.79 Å². The number of halogens is 4. The molecule has 0 radical (unpaired) electrons. The fourth-order valence-electron chi connectivity index (χ4n) is 4.09. The molecule has 1 aliphatic heterocycles. The average molecular weight is 589 g/mol. The quantitative estimate of drug-likeness (QED) is 0.301. The number of imide groups is 1. The number of alkyl halides is 2. The van der Waals surface area contributed by atoms with Gasteiger partial charge in [-0.05, 0) is 55.3 Å². The normalized spacial score (nSPS) is 24.1. The molecule has 2 aromatic carbocycles. The van der Waals surface area contributed by atoms with Crippen LogP contribution in [0, 0.1) is 11.8 Å². The number of amides is 3. The molecule has 0 aromatic heterocycles. The lowest BCUT2D eigenvalue weighted by Gasteiger charge is -2.28. The van der Waals surface area contributed by atoms with E-state index in [2.05, 4.69) is 21.2 Å². The first-order valence-electron chi connectivity index (χ1n) is 10.3. The number of hydrogen-bond donors (Lipinski definition) is 1. The van der Waals surface area contributed by atoms with Crippen LogP contribution in [-0.2, 0) is 19.1 Å². The summed E-state index contributed by atoms with van der Waals surface area (Å²) in [6, 6.07) is 10.8. The molecular weight excluding hydrogens is 571 g/mol. The lowest BCUT2D eigenvalue weighted by molar-refractivity contribution is -0.122. The molecule has 2 aromatic rings. The van der Waals surface area contributed by atoms with Crippen LogP contribution in [0.4, 0.5) is 11.4 Å². The minimum atomic E-state index is -0.730. The molecule has 0 bridgehead atoms. The topological polar surface area (TPSA) is 92.8 Å². The summed E-state index contributed by atoms with van der Waals surface area (Å²) in [7, 11) is 0. The van der Waals surface area contributed by atoms with Crippen molar-refractivity contribution in [2.75, 3.05) is 16.8 Å². The first kappa shape index (κ1) is 25.0. The van der Waals surface area contributed by atoms with Crippen molar-refractivity contribution in [2.24, 2.45) is 11.8 Å². The molecule has 0 unspecified atom stereocenters. The molecule has 4 atom stereocenters. The fourth-order valence-corrected chi connectivity index (χ4v) is 5.40. The van der Waals surface area contributed by atoms with Crippen molar-refractivity contribution in [3.8, 4) is 0 Å². The number of esters is 1. The number of carbonyl (C=O) groups excluding carboxylic acids is 4. The Bertz CT molecular complexity index is 1130. The van der Waals surface area contributed by atoms with E-state index in [-0.39, 0.29) is 28.1 Å². The molecule has 178 valence electrons. The number of carbonyl (C=O) groups is 4. The van der Waals surface area contributed by atoms with Gasteiger partial charge < -0.3 is 10.1 Å². The molecule has 7 nitrogen and oxygen atoms in total. The monoisotopic (exact) mass is 586 g/mol. The van der Waals surface area contributed by atoms with Gasteiger partial charge in [-0.2, -0.15) is 0 Å². The van der Waals surface area contributed by atoms with Crippen LogP contribution < -0.4 is 10.2 Å². The molecule has 2 fully saturated rings. The second-order valence-electron chi connectivity index (χ2n) is 8.02. The molecule has 2 aliphatic rings. The van der Waals surface area contributed by atoms with Crippen LogP contribution in [0.3, 0.4) is 0 Å². The van der Waals surface area contributed by atoms with E-state index in [9.17, 15) is 19.2 Å². The van der Waals surface area contributed by atoms with Gasteiger partial charge in [0.15, 0.2) is 6.61 Å². The Morgan fingerprint density at radius 1 is 1.00 bits per heavy atom. The van der Waals surface area contributed by atoms with Crippen molar-refractivity contribution in [1.29, 1.82) is 0 Å². The smallest absolute Gasteiger partial charge is 0.338 e. The highest BCUT2D eigenvalue weighted by atomic mass is 79.9. The number of nitrogens with one attached hydrogen (secondary N) is 1. The largest absolute Gasteiger partial charge is 0.452 e. The third kappa shape index (κ3) is 5.10. The van der Waals surface area contributed by atoms with E-state index in [1.807, 2.05) is 0 Å². The van der Waals surface area contributed by atoms with Crippen molar-refractivity contribution in [3.63, 3.8) is 0 Å². The molecule has 0 spiro atoms. The maximum atomic E-state index is 12.8. The summed E-state index contributed by atoms with van der Waals surface area (Å²) in [4.78, 5) is 51.3. The Hall–Kier alpha value is -2.13. The summed E-state index contributed by atoms with van der Waals surface area (Å²) < 4.78 is 5.81. The number of ether oxygens (including phenoxy) is 1. The Morgan fingerprint density at radius 2 is 1.59 bits per heavy atom. The van der Waals surface area contributed by atoms with Crippen LogP contribution in [0.1, 0.15) is 23.2 Å². The third-order valence-corrected chi connectivity index (χ3v) is 7.71. The average Bonchev–Trinajstić information content (AvgIpc) is 3.04. The molecule has 3 amide bonds. The van der Waals surface area contributed by atoms with Gasteiger partial charge >= 0.3 is 5.97 Å². The summed E-state index contributed by atoms with van der Waals surface area (Å²) in [6.07, 6.45) is 0.693. The first-order valence-corrected chi connectivity index (χ1v) is 12.4. The number of fused-ring (bicyclic) bond motifs is 1. The van der Waals surface area contributed by atoms with E-state index >= 15 is 0 Å². The zero-order valence-corrected chi connectivity index (χ0v) is 21.3. The van der Waals surface area contributed by atoms with Crippen LogP contribution in [0.15, 0.2) is 46.9 Å². The lowest BCUT2D eigenvalue weighted by Crippen LogP contribution is -2.34. The van der Waals surface area contributed by atoms with Gasteiger partial charge in [0.2, 0.25) is 11.8 Å². The molecule has 4 rings (SSSR count). The minimum Gasteiger partial charge on any atom is -0.452 e. The predicted octanol–water partition coefficient (Wildman–Crippen LogP) is 5.01. The molecule has 1 heterocycles. The van der Waals surface area contributed by atoms with Crippen molar-refractivity contribution >= 4 is 85.8 Å². The van der Waals surface area contributed by atoms with Gasteiger partial charge in [0, 0.05) is 4.47 Å². The Morgan fingerprint density at radius 3 is 2.15 bits per heavy atom. The summed E-state index contributed by atoms with van der Waals surface area (Å²) in [6.45, 7) is -0.515. The van der Waals surface area contributed by atoms with Crippen molar-refractivity contribution < 1.29 is 23.9 Å². The van der Waals surface area contributed by atoms with Gasteiger partial charge in [0.1, 0.15) is 0 Å². The predicted molar refractivity (Wildman–Crippen MR) is 132 cm³/mol. The third-order valence-electron chi connectivity index (χ3n) is 5.81. The van der Waals surface area contributed by atoms with Gasteiger partial charge in [0.25, 0.3) is 5.91 Å². The molecule has 1 N–H and O–H groups in total. The van der Waals surface area contributed by atoms with Crippen LogP contribution >= 0.6 is 50.7 Å². The summed E-state index contributed by atoms with van der Waals surface area (Å²) >= 11 is 21.7. The molecular formula is C23H18BrCl3N2O5. The molecule has 1 saturated carbocycles. The second-order valence-corrected chi connectivity index (χ2v) is 10.5. The van der Waals surface area contributed by atoms with E-state index in [0.29, 0.717) is 29.2 Å². The maximum absolute atomic E-state index is 12.8. The van der Waals surface area contributed by atoms with E-state index in [1.54, 1.807) is 18.2 Å². The van der Waals surface area contributed by atoms with Gasteiger partial charge in [-0.3, -0.25) is 19.3 Å². The second kappa shape index (κ2) is 10.2. The van der Waals surface area contributed by atoms with Crippen LogP contribution in [0.25, 0.3) is 0 Å². The van der Waals surface area contributed by atoms with E-state index in [0.717, 1.165) is 9.37 Å². The van der Waals surface area contributed by atoms with Crippen LogP contribution in [-0.4, -0.2) is 41.1 Å². The highest BCUT2D eigenvalue weighted by Crippen LogP contribution is 2.43. The van der Waals surface area contributed by atoms with Crippen molar-refractivity contribution in [2.45, 2.75) is 23.6 Å². The molecule has 11 heteroatoms. The Kier molecular flexibility index (Phi) is 7.52. The standard InChI is InChI=1S/C23H18BrCl3N2O5/c24-12-3-6-19(18(27)7-12)28-20(30)10-34-23(33)11-1-4-13(5-2-11)29-21(31)14-8-16(25)17(26)9-15(14)22(29)32/h1-7,14-17H,8-10H2,(H,28,30)/t14-,15-,16+,17+/m1/s1. The maximum Gasteiger partial charge on any atom is 0.338 e. The molecule has 1 aliphatic carbocycles. The zero-order chi connectivity index (χ0) is 24.6. The summed E-state index contributed by atoms with van der Waals surface area (Å²) in [5.74, 6) is -2.91. The number of hydrogen-bond acceptors (Lipinski definition) is 5. The first-order chi connectivity index (χ1) is 16.2. The number of anilines is 2. The summed E-state index contributed by atoms with van der Waals surface area (Å²) in [5, 5.41) is 2.16. The lowest BCUT2D eigenvalue weighted by atomic mass is 9.80. The Labute approximate surface area is 218 Å². The van der Waals surface area contributed by atoms with E-state index in [1.165, 1.54) is 24.3 Å². The van der Waals surface area contributed by atoms with Crippen LogP contribution in [0.2, 0.25) is 5.02 Å². The minimum absolute atomic E-state index is 0.163. The van der Waals surface area contributed by atoms with Gasteiger partial charge in [-0.1, -0.05) is 27.5 Å². The summed E-state index contributed by atoms with van der Waals surface area (Å²) in [5.41, 5.74) is 0.897. The highest BCUT2D eigenvalue weighted by Gasteiger charge is 2.52. The number of nitrogens with zero attached hydrogens (tertiary/aromatic N) is 1. The van der Waals surface area contributed by atoms with Gasteiger partial charge in [0.05, 0.1) is 44.6 Å². The molecule has 34 heavy (non-hydrogen) atoms. The fraction of sp³-hybridized carbons (Fsp3) is 0.304. The SMILES string of the molecule is O=C(COC(=O)c1ccc(N2C(=O)[C@@H]3C[C@H](Cl)[C@@H](Cl)C[C@H]3C2=O)cc1)Nc1ccc(Br)cc1Cl. The van der Waals surface area contributed by atoms with Crippen LogP contribution in [0.5, 0.6) is 0 Å². The molecule has 1 saturated heterocycles. The Balaban J connectivity index is 1.37. The zero-order valence-electron chi connectivity index (χ0n) is 17.5. The van der Waals surface area contributed by atoms with Gasteiger partial charge in [-0.15, -0.1) is 23.2 Å². The number of rotatable bonds is 5. The van der Waals surface area contributed by atoms with Crippen molar-refractivity contribution in [1.82, 2.24) is 0 Å². The van der Waals surface area contributed by atoms with E-state index in [4.69, 9.17) is 39.5 Å².